The molecule has 0 aliphatic carbocycles. The predicted molar refractivity (Wildman–Crippen MR) is 104 cm³/mol. The van der Waals surface area contributed by atoms with Gasteiger partial charge in [-0.2, -0.15) is 0 Å². The fourth-order valence-corrected chi connectivity index (χ4v) is 3.50. The predicted octanol–water partition coefficient (Wildman–Crippen LogP) is 2.87. The van der Waals surface area contributed by atoms with E-state index in [1.807, 2.05) is 18.2 Å². The highest BCUT2D eigenvalue weighted by atomic mass is 16.5. The summed E-state index contributed by atoms with van der Waals surface area (Å²) < 4.78 is 10.6. The van der Waals surface area contributed by atoms with Crippen LogP contribution in [0.1, 0.15) is 17.2 Å². The summed E-state index contributed by atoms with van der Waals surface area (Å²) in [6, 6.07) is 14.1. The first-order valence-corrected chi connectivity index (χ1v) is 9.05. The summed E-state index contributed by atoms with van der Waals surface area (Å²) in [5.74, 6) is 1.32. The first-order valence-electron chi connectivity index (χ1n) is 9.05. The van der Waals surface area contributed by atoms with Crippen LogP contribution in [0, 0.1) is 6.92 Å². The van der Waals surface area contributed by atoms with Crippen LogP contribution in [-0.4, -0.2) is 56.9 Å². The van der Waals surface area contributed by atoms with Crippen molar-refractivity contribution in [2.45, 2.75) is 13.0 Å². The Morgan fingerprint density at radius 2 is 1.65 bits per heavy atom. The number of para-hydroxylation sites is 1. The Bertz CT molecular complexity index is 727. The number of aliphatic hydroxyl groups is 1. The number of hydrogen-bond donors (Lipinski definition) is 1. The van der Waals surface area contributed by atoms with E-state index in [9.17, 15) is 5.11 Å². The van der Waals surface area contributed by atoms with E-state index in [0.717, 1.165) is 31.7 Å². The van der Waals surface area contributed by atoms with Crippen molar-refractivity contribution in [1.29, 1.82) is 0 Å². The Hall–Kier alpha value is -2.24. The lowest BCUT2D eigenvalue weighted by Crippen LogP contribution is -2.47. The monoisotopic (exact) mass is 356 g/mol. The van der Waals surface area contributed by atoms with E-state index in [2.05, 4.69) is 41.0 Å². The Kier molecular flexibility index (Phi) is 6.01. The van der Waals surface area contributed by atoms with Crippen molar-refractivity contribution in [1.82, 2.24) is 4.90 Å². The van der Waals surface area contributed by atoms with Crippen molar-refractivity contribution in [2.75, 3.05) is 51.8 Å². The van der Waals surface area contributed by atoms with Crippen molar-refractivity contribution in [3.63, 3.8) is 0 Å². The van der Waals surface area contributed by atoms with Crippen molar-refractivity contribution in [3.8, 4) is 11.5 Å². The number of ether oxygens (including phenoxy) is 2. The first kappa shape index (κ1) is 18.5. The summed E-state index contributed by atoms with van der Waals surface area (Å²) in [5.41, 5.74) is 3.47. The molecule has 1 aliphatic heterocycles. The molecule has 1 atom stereocenters. The van der Waals surface area contributed by atoms with Crippen LogP contribution in [0.2, 0.25) is 0 Å². The second kappa shape index (κ2) is 8.43. The van der Waals surface area contributed by atoms with Crippen LogP contribution < -0.4 is 14.4 Å². The SMILES string of the molecule is COc1ccc(C(O)CN2CCN(c3ccccc3C)CC2)cc1OC. The van der Waals surface area contributed by atoms with Gasteiger partial charge in [0, 0.05) is 38.4 Å². The third kappa shape index (κ3) is 4.11. The third-order valence-corrected chi connectivity index (χ3v) is 5.05. The smallest absolute Gasteiger partial charge is 0.161 e. The van der Waals surface area contributed by atoms with Gasteiger partial charge in [-0.05, 0) is 36.2 Å². The maximum atomic E-state index is 10.6. The van der Waals surface area contributed by atoms with Crippen molar-refractivity contribution >= 4 is 5.69 Å². The van der Waals surface area contributed by atoms with Gasteiger partial charge in [0.25, 0.3) is 0 Å². The Balaban J connectivity index is 1.58. The van der Waals surface area contributed by atoms with E-state index in [0.29, 0.717) is 18.0 Å². The van der Waals surface area contributed by atoms with Gasteiger partial charge in [0.2, 0.25) is 0 Å². The fourth-order valence-electron chi connectivity index (χ4n) is 3.50. The summed E-state index contributed by atoms with van der Waals surface area (Å²) >= 11 is 0. The van der Waals surface area contributed by atoms with Gasteiger partial charge < -0.3 is 19.5 Å². The molecule has 0 radical (unpaired) electrons. The van der Waals surface area contributed by atoms with Crippen LogP contribution in [0.5, 0.6) is 11.5 Å². The minimum Gasteiger partial charge on any atom is -0.493 e. The molecule has 0 aromatic heterocycles. The van der Waals surface area contributed by atoms with E-state index in [-0.39, 0.29) is 0 Å². The molecule has 140 valence electrons. The molecule has 1 saturated heterocycles. The maximum Gasteiger partial charge on any atom is 0.161 e. The number of aryl methyl sites for hydroxylation is 1. The molecule has 1 unspecified atom stereocenters. The quantitative estimate of drug-likeness (QED) is 0.862. The number of anilines is 1. The number of rotatable bonds is 6. The number of nitrogens with zero attached hydrogens (tertiary/aromatic N) is 2. The van der Waals surface area contributed by atoms with Crippen LogP contribution >= 0.6 is 0 Å². The third-order valence-electron chi connectivity index (χ3n) is 5.05. The number of hydrogen-bond acceptors (Lipinski definition) is 5. The minimum atomic E-state index is -0.542. The average Bonchev–Trinajstić information content (AvgIpc) is 2.68. The number of benzene rings is 2. The van der Waals surface area contributed by atoms with Gasteiger partial charge in [-0.1, -0.05) is 24.3 Å². The van der Waals surface area contributed by atoms with E-state index >= 15 is 0 Å². The van der Waals surface area contributed by atoms with Gasteiger partial charge in [0.15, 0.2) is 11.5 Å². The molecule has 1 aliphatic rings. The highest BCUT2D eigenvalue weighted by molar-refractivity contribution is 5.53. The molecule has 0 amide bonds. The van der Waals surface area contributed by atoms with Crippen LogP contribution in [0.25, 0.3) is 0 Å². The number of aliphatic hydroxyl groups excluding tert-OH is 1. The second-order valence-corrected chi connectivity index (χ2v) is 6.70. The lowest BCUT2D eigenvalue weighted by molar-refractivity contribution is 0.109. The lowest BCUT2D eigenvalue weighted by Gasteiger charge is -2.37. The van der Waals surface area contributed by atoms with Crippen molar-refractivity contribution in [2.24, 2.45) is 0 Å². The van der Waals surface area contributed by atoms with Gasteiger partial charge in [-0.15, -0.1) is 0 Å². The Morgan fingerprint density at radius 3 is 2.31 bits per heavy atom. The van der Waals surface area contributed by atoms with Crippen molar-refractivity contribution < 1.29 is 14.6 Å². The molecule has 5 heteroatoms. The molecular formula is C21H28N2O3. The van der Waals surface area contributed by atoms with Gasteiger partial charge in [0.1, 0.15) is 0 Å². The molecular weight excluding hydrogens is 328 g/mol. The van der Waals surface area contributed by atoms with Gasteiger partial charge >= 0.3 is 0 Å². The summed E-state index contributed by atoms with van der Waals surface area (Å²) in [4.78, 5) is 4.74. The molecule has 1 heterocycles. The molecule has 0 bridgehead atoms. The zero-order valence-corrected chi connectivity index (χ0v) is 15.8. The molecule has 1 N–H and O–H groups in total. The largest absolute Gasteiger partial charge is 0.493 e. The molecule has 2 aromatic rings. The highest BCUT2D eigenvalue weighted by Crippen LogP contribution is 2.30. The molecule has 2 aromatic carbocycles. The zero-order valence-electron chi connectivity index (χ0n) is 15.8. The highest BCUT2D eigenvalue weighted by Gasteiger charge is 2.21. The molecule has 3 rings (SSSR count). The standard InChI is InChI=1S/C21H28N2O3/c1-16-6-4-5-7-18(16)23-12-10-22(11-13-23)15-19(24)17-8-9-20(25-2)21(14-17)26-3/h4-9,14,19,24H,10-13,15H2,1-3H3. The summed E-state index contributed by atoms with van der Waals surface area (Å²) in [5, 5.41) is 10.6. The number of piperazine rings is 1. The first-order chi connectivity index (χ1) is 12.6. The van der Waals surface area contributed by atoms with Crippen LogP contribution in [0.3, 0.4) is 0 Å². The average molecular weight is 356 g/mol. The lowest BCUT2D eigenvalue weighted by atomic mass is 10.1. The van der Waals surface area contributed by atoms with Crippen molar-refractivity contribution in [3.05, 3.63) is 53.6 Å². The number of β-amino-alcohol motifs (C(OH)–C–C–N with tert-alkyl or cyclic N) is 1. The van der Waals surface area contributed by atoms with Crippen LogP contribution in [0.4, 0.5) is 5.69 Å². The molecule has 5 nitrogen and oxygen atoms in total. The van der Waals surface area contributed by atoms with E-state index in [1.54, 1.807) is 14.2 Å². The summed E-state index contributed by atoms with van der Waals surface area (Å²) in [7, 11) is 3.22. The van der Waals surface area contributed by atoms with Crippen LogP contribution in [0.15, 0.2) is 42.5 Å². The Labute approximate surface area is 155 Å². The number of methoxy groups -OCH3 is 2. The molecule has 0 saturated carbocycles. The summed E-state index contributed by atoms with van der Waals surface area (Å²) in [6.07, 6.45) is -0.542. The van der Waals surface area contributed by atoms with E-state index < -0.39 is 6.10 Å². The van der Waals surface area contributed by atoms with E-state index in [1.165, 1.54) is 11.3 Å². The normalized spacial score (nSPS) is 16.4. The van der Waals surface area contributed by atoms with Crippen LogP contribution in [-0.2, 0) is 0 Å². The fraction of sp³-hybridized carbons (Fsp3) is 0.429. The minimum absolute atomic E-state index is 0.542. The van der Waals surface area contributed by atoms with E-state index in [4.69, 9.17) is 9.47 Å². The molecule has 0 spiro atoms. The second-order valence-electron chi connectivity index (χ2n) is 6.70. The van der Waals surface area contributed by atoms with Gasteiger partial charge in [0.05, 0.1) is 20.3 Å². The zero-order chi connectivity index (χ0) is 18.5. The maximum absolute atomic E-state index is 10.6. The van der Waals surface area contributed by atoms with Gasteiger partial charge in [-0.3, -0.25) is 4.90 Å². The molecule has 26 heavy (non-hydrogen) atoms. The topological polar surface area (TPSA) is 45.2 Å². The molecule has 1 fully saturated rings. The summed E-state index contributed by atoms with van der Waals surface area (Å²) in [6.45, 7) is 6.62. The Morgan fingerprint density at radius 1 is 0.962 bits per heavy atom. The van der Waals surface area contributed by atoms with Gasteiger partial charge in [-0.25, -0.2) is 0 Å².